The molecule has 13 rings (SSSR count). The fourth-order valence-electron chi connectivity index (χ4n) is 9.89. The fraction of sp³-hybridized carbons (Fsp3) is 0. The van der Waals surface area contributed by atoms with E-state index in [2.05, 4.69) is 215 Å². The van der Waals surface area contributed by atoms with Crippen molar-refractivity contribution in [1.29, 1.82) is 0 Å². The smallest absolute Gasteiger partial charge is 0.145 e. The average Bonchev–Trinajstić information content (AvgIpc) is 3.96. The molecule has 0 radical (unpaired) electrons. The zero-order valence-electron chi connectivity index (χ0n) is 31.9. The van der Waals surface area contributed by atoms with E-state index in [1.807, 2.05) is 0 Å². The molecule has 3 heteroatoms. The monoisotopic (exact) mass is 750 g/mol. The molecule has 59 heavy (non-hydrogen) atoms. The summed E-state index contributed by atoms with van der Waals surface area (Å²) in [5.74, 6) is 0. The van der Waals surface area contributed by atoms with E-state index in [0.717, 1.165) is 66.2 Å². The molecule has 3 heterocycles. The maximum atomic E-state index is 7.20. The summed E-state index contributed by atoms with van der Waals surface area (Å²) in [7, 11) is 0. The van der Waals surface area contributed by atoms with E-state index in [9.17, 15) is 0 Å². The minimum absolute atomic E-state index is 0.920. The van der Waals surface area contributed by atoms with Gasteiger partial charge in [-0.1, -0.05) is 146 Å². The number of nitrogens with zero attached hydrogens (tertiary/aromatic N) is 2. The first-order valence-electron chi connectivity index (χ1n) is 20.3. The largest absolute Gasteiger partial charge is 0.455 e. The van der Waals surface area contributed by atoms with E-state index in [1.54, 1.807) is 0 Å². The van der Waals surface area contributed by atoms with Crippen LogP contribution in [-0.2, 0) is 0 Å². The van der Waals surface area contributed by atoms with Crippen molar-refractivity contribution in [3.63, 3.8) is 0 Å². The second-order valence-corrected chi connectivity index (χ2v) is 15.6. The van der Waals surface area contributed by atoms with Gasteiger partial charge in [-0.05, 0) is 104 Å². The van der Waals surface area contributed by atoms with Crippen molar-refractivity contribution >= 4 is 87.1 Å². The highest BCUT2D eigenvalue weighted by atomic mass is 16.3. The fourth-order valence-corrected chi connectivity index (χ4v) is 9.89. The number of hydrogen-bond acceptors (Lipinski definition) is 1. The molecule has 0 fully saturated rings. The highest BCUT2D eigenvalue weighted by Gasteiger charge is 2.22. The molecule has 0 N–H and O–H groups in total. The summed E-state index contributed by atoms with van der Waals surface area (Å²) in [5, 5.41) is 11.9. The molecule has 3 nitrogen and oxygen atoms in total. The van der Waals surface area contributed by atoms with Gasteiger partial charge in [-0.15, -0.1) is 0 Å². The third kappa shape index (κ3) is 4.64. The van der Waals surface area contributed by atoms with Crippen LogP contribution in [0.5, 0.6) is 0 Å². The van der Waals surface area contributed by atoms with Gasteiger partial charge < -0.3 is 13.6 Å². The lowest BCUT2D eigenvalue weighted by atomic mass is 9.98. The van der Waals surface area contributed by atoms with Crippen LogP contribution >= 0.6 is 0 Å². The molecule has 0 aliphatic rings. The third-order valence-corrected chi connectivity index (χ3v) is 12.5. The van der Waals surface area contributed by atoms with Crippen molar-refractivity contribution in [1.82, 2.24) is 9.13 Å². The minimum Gasteiger partial charge on any atom is -0.455 e. The molecular weight excluding hydrogens is 717 g/mol. The van der Waals surface area contributed by atoms with Gasteiger partial charge in [0.1, 0.15) is 11.2 Å². The Balaban J connectivity index is 0.991. The zero-order chi connectivity index (χ0) is 38.6. The van der Waals surface area contributed by atoms with Gasteiger partial charge in [0.2, 0.25) is 0 Å². The molecule has 274 valence electrons. The first kappa shape index (κ1) is 32.2. The Bertz CT molecular complexity index is 3560. The van der Waals surface area contributed by atoms with Crippen molar-refractivity contribution in [2.45, 2.75) is 0 Å². The minimum atomic E-state index is 0.920. The van der Waals surface area contributed by atoms with Crippen LogP contribution in [0.25, 0.3) is 121 Å². The van der Waals surface area contributed by atoms with Crippen LogP contribution < -0.4 is 0 Å². The predicted molar refractivity (Wildman–Crippen MR) is 248 cm³/mol. The van der Waals surface area contributed by atoms with Crippen molar-refractivity contribution in [3.05, 3.63) is 206 Å². The molecule has 0 unspecified atom stereocenters. The molecule has 0 bridgehead atoms. The molecule has 0 aliphatic carbocycles. The lowest BCUT2D eigenvalue weighted by Gasteiger charge is -2.11. The molecule has 0 saturated heterocycles. The molecule has 0 aliphatic heterocycles. The Labute approximate surface area is 339 Å². The molecule has 0 atom stereocenters. The van der Waals surface area contributed by atoms with Crippen LogP contribution in [0.2, 0.25) is 0 Å². The van der Waals surface area contributed by atoms with Crippen molar-refractivity contribution in [2.24, 2.45) is 0 Å². The van der Waals surface area contributed by atoms with Crippen molar-refractivity contribution in [3.8, 4) is 33.6 Å². The van der Waals surface area contributed by atoms with Gasteiger partial charge in [0.15, 0.2) is 0 Å². The van der Waals surface area contributed by atoms with Crippen LogP contribution in [0.3, 0.4) is 0 Å². The number of para-hydroxylation sites is 2. The number of rotatable bonds is 4. The second kappa shape index (κ2) is 12.3. The topological polar surface area (TPSA) is 23.0 Å². The second-order valence-electron chi connectivity index (χ2n) is 15.6. The Morgan fingerprint density at radius 2 is 0.661 bits per heavy atom. The van der Waals surface area contributed by atoms with E-state index < -0.39 is 0 Å². The summed E-state index contributed by atoms with van der Waals surface area (Å²) in [4.78, 5) is 0. The van der Waals surface area contributed by atoms with Gasteiger partial charge in [-0.3, -0.25) is 0 Å². The van der Waals surface area contributed by atoms with Crippen LogP contribution in [0.1, 0.15) is 0 Å². The summed E-state index contributed by atoms with van der Waals surface area (Å²) in [6, 6.07) is 74.8. The van der Waals surface area contributed by atoms with Crippen molar-refractivity contribution < 1.29 is 4.42 Å². The zero-order valence-corrected chi connectivity index (χ0v) is 31.9. The van der Waals surface area contributed by atoms with E-state index in [-0.39, 0.29) is 0 Å². The SMILES string of the molecule is c1ccc2c(-c3ccc(-n4c5ccccc5c5c6oc7c(ccc8c7c7ccccc7n8-c7ccc(-c8cccc9ccccc89)cc7)c6ccc54)cc3)cccc2c1. The van der Waals surface area contributed by atoms with Gasteiger partial charge in [-0.2, -0.15) is 0 Å². The first-order chi connectivity index (χ1) is 29.3. The van der Waals surface area contributed by atoms with Crippen LogP contribution in [0, 0.1) is 0 Å². The number of furan rings is 1. The Kier molecular flexibility index (Phi) is 6.72. The lowest BCUT2D eigenvalue weighted by Crippen LogP contribution is -1.93. The summed E-state index contributed by atoms with van der Waals surface area (Å²) in [6.45, 7) is 0. The number of hydrogen-bond donors (Lipinski definition) is 0. The average molecular weight is 751 g/mol. The van der Waals surface area contributed by atoms with E-state index in [1.165, 1.54) is 54.6 Å². The lowest BCUT2D eigenvalue weighted by molar-refractivity contribution is 0.677. The highest BCUT2D eigenvalue weighted by molar-refractivity contribution is 6.29. The summed E-state index contributed by atoms with van der Waals surface area (Å²) < 4.78 is 12.0. The predicted octanol–water partition coefficient (Wildman–Crippen LogP) is 15.4. The number of benzene rings is 10. The molecule has 0 amide bonds. The summed E-state index contributed by atoms with van der Waals surface area (Å²) in [5.41, 5.74) is 13.5. The Morgan fingerprint density at radius 1 is 0.271 bits per heavy atom. The number of aromatic nitrogens is 2. The number of fused-ring (bicyclic) bond motifs is 13. The highest BCUT2D eigenvalue weighted by Crippen LogP contribution is 2.45. The molecular formula is C56H34N2O. The molecule has 0 spiro atoms. The van der Waals surface area contributed by atoms with Crippen LogP contribution in [-0.4, -0.2) is 9.13 Å². The van der Waals surface area contributed by atoms with Crippen molar-refractivity contribution in [2.75, 3.05) is 0 Å². The van der Waals surface area contributed by atoms with Gasteiger partial charge in [-0.25, -0.2) is 0 Å². The first-order valence-corrected chi connectivity index (χ1v) is 20.3. The van der Waals surface area contributed by atoms with Gasteiger partial charge in [0.05, 0.1) is 32.8 Å². The van der Waals surface area contributed by atoms with E-state index >= 15 is 0 Å². The molecule has 0 saturated carbocycles. The van der Waals surface area contributed by atoms with E-state index in [0.29, 0.717) is 0 Å². The van der Waals surface area contributed by atoms with Gasteiger partial charge >= 0.3 is 0 Å². The quantitative estimate of drug-likeness (QED) is 0.176. The third-order valence-electron chi connectivity index (χ3n) is 12.5. The Hall–Kier alpha value is -7.88. The van der Waals surface area contributed by atoms with Crippen LogP contribution in [0.4, 0.5) is 0 Å². The van der Waals surface area contributed by atoms with Crippen LogP contribution in [0.15, 0.2) is 211 Å². The van der Waals surface area contributed by atoms with Gasteiger partial charge in [0, 0.05) is 32.9 Å². The van der Waals surface area contributed by atoms with E-state index in [4.69, 9.17) is 4.42 Å². The van der Waals surface area contributed by atoms with Gasteiger partial charge in [0.25, 0.3) is 0 Å². The maximum Gasteiger partial charge on any atom is 0.145 e. The molecule has 13 aromatic rings. The Morgan fingerprint density at radius 3 is 1.12 bits per heavy atom. The maximum absolute atomic E-state index is 7.20. The molecule has 10 aromatic carbocycles. The molecule has 3 aromatic heterocycles. The standard InChI is InChI=1S/C56H34N2O/c1-3-15-41-35(11-1)13-9-19-43(41)37-23-27-39(28-24-37)57-49-21-7-5-17-47(49)53-51(57)33-31-45-46-32-34-52-54(56(46)59-55(45)53)48-18-6-8-22-50(48)58(52)40-29-25-38(26-30-40)44-20-10-14-36-12-2-4-16-42(36)44/h1-34H. The summed E-state index contributed by atoms with van der Waals surface area (Å²) >= 11 is 0. The normalized spacial score (nSPS) is 12.1. The summed E-state index contributed by atoms with van der Waals surface area (Å²) in [6.07, 6.45) is 0.